The van der Waals surface area contributed by atoms with Gasteiger partial charge in [0, 0.05) is 6.04 Å². The van der Waals surface area contributed by atoms with Gasteiger partial charge in [0.15, 0.2) is 0 Å². The van der Waals surface area contributed by atoms with E-state index in [1.54, 1.807) is 6.08 Å². The molecule has 108 valence electrons. The van der Waals surface area contributed by atoms with E-state index in [-0.39, 0.29) is 12.5 Å². The highest BCUT2D eigenvalue weighted by molar-refractivity contribution is 5.80. The van der Waals surface area contributed by atoms with Crippen molar-refractivity contribution in [2.45, 2.75) is 18.9 Å². The van der Waals surface area contributed by atoms with E-state index >= 15 is 0 Å². The molecule has 0 saturated heterocycles. The van der Waals surface area contributed by atoms with Gasteiger partial charge >= 0.3 is 11.9 Å². The second kappa shape index (κ2) is 8.12. The summed E-state index contributed by atoms with van der Waals surface area (Å²) in [5.41, 5.74) is 7.00. The summed E-state index contributed by atoms with van der Waals surface area (Å²) in [6.45, 7) is 0. The maximum absolute atomic E-state index is 11.1. The molecule has 0 saturated carbocycles. The highest BCUT2D eigenvalue weighted by Gasteiger charge is 2.18. The number of carboxylic acids is 1. The Balaban J connectivity index is 2.58. The van der Waals surface area contributed by atoms with Crippen LogP contribution in [0, 0.1) is 5.92 Å². The Labute approximate surface area is 118 Å². The van der Waals surface area contributed by atoms with E-state index in [1.165, 1.54) is 13.2 Å². The normalized spacial score (nSPS) is 13.9. The number of nitrogens with two attached hydrogens (primary N) is 1. The molecule has 1 aromatic rings. The topological polar surface area (TPSA) is 89.6 Å². The molecule has 0 spiro atoms. The lowest BCUT2D eigenvalue weighted by Gasteiger charge is -2.09. The van der Waals surface area contributed by atoms with Crippen molar-refractivity contribution in [1.29, 1.82) is 0 Å². The molecule has 3 N–H and O–H groups in total. The highest BCUT2D eigenvalue weighted by atomic mass is 16.5. The maximum Gasteiger partial charge on any atom is 0.310 e. The van der Waals surface area contributed by atoms with Gasteiger partial charge in [-0.3, -0.25) is 9.59 Å². The van der Waals surface area contributed by atoms with Gasteiger partial charge in [0.2, 0.25) is 0 Å². The first-order chi connectivity index (χ1) is 9.52. The molecule has 20 heavy (non-hydrogen) atoms. The number of hydrogen-bond donors (Lipinski definition) is 2. The first-order valence-electron chi connectivity index (χ1n) is 6.30. The van der Waals surface area contributed by atoms with E-state index in [4.69, 9.17) is 10.8 Å². The highest BCUT2D eigenvalue weighted by Crippen LogP contribution is 2.09. The summed E-state index contributed by atoms with van der Waals surface area (Å²) >= 11 is 0. The molecule has 2 atom stereocenters. The molecule has 0 aliphatic rings. The average molecular weight is 277 g/mol. The molecule has 0 unspecified atom stereocenters. The van der Waals surface area contributed by atoms with Crippen LogP contribution in [0.25, 0.3) is 0 Å². The first-order valence-corrected chi connectivity index (χ1v) is 6.30. The molecule has 5 heteroatoms. The van der Waals surface area contributed by atoms with E-state index < -0.39 is 17.9 Å². The van der Waals surface area contributed by atoms with Gasteiger partial charge in [-0.15, -0.1) is 0 Å². The molecule has 0 aliphatic carbocycles. The first kappa shape index (κ1) is 15.9. The minimum absolute atomic E-state index is 0.194. The average Bonchev–Trinajstić information content (AvgIpc) is 2.43. The van der Waals surface area contributed by atoms with Gasteiger partial charge in [0.1, 0.15) is 0 Å². The third kappa shape index (κ3) is 5.67. The number of carbonyl (C=O) groups excluding carboxylic acids is 1. The number of benzene rings is 1. The second-order valence-corrected chi connectivity index (χ2v) is 4.46. The summed E-state index contributed by atoms with van der Waals surface area (Å²) in [7, 11) is 1.23. The molecule has 0 heterocycles. The van der Waals surface area contributed by atoms with E-state index in [2.05, 4.69) is 4.74 Å². The van der Waals surface area contributed by atoms with Crippen molar-refractivity contribution in [3.8, 4) is 0 Å². The van der Waals surface area contributed by atoms with Gasteiger partial charge in [0.25, 0.3) is 0 Å². The molecule has 0 radical (unpaired) electrons. The zero-order chi connectivity index (χ0) is 15.0. The Kier molecular flexibility index (Phi) is 6.46. The monoisotopic (exact) mass is 277 g/mol. The predicted octanol–water partition coefficient (Wildman–Crippen LogP) is 1.38. The lowest BCUT2D eigenvalue weighted by atomic mass is 10.0. The van der Waals surface area contributed by atoms with Crippen LogP contribution in [0.2, 0.25) is 0 Å². The summed E-state index contributed by atoms with van der Waals surface area (Å²) in [4.78, 5) is 22.1. The van der Waals surface area contributed by atoms with E-state index in [0.29, 0.717) is 6.42 Å². The molecule has 0 amide bonds. The number of rotatable bonds is 7. The van der Waals surface area contributed by atoms with Crippen LogP contribution in [0.5, 0.6) is 0 Å². The molecule has 0 bridgehead atoms. The Morgan fingerprint density at radius 1 is 1.30 bits per heavy atom. The maximum atomic E-state index is 11.1. The SMILES string of the molecule is COC(=O)C[C@H](/C=C/[C@@H](N)Cc1ccccc1)C(=O)O. The molecule has 1 rings (SSSR count). The lowest BCUT2D eigenvalue weighted by Crippen LogP contribution is -2.22. The van der Waals surface area contributed by atoms with Gasteiger partial charge in [0.05, 0.1) is 19.4 Å². The number of aliphatic carboxylic acids is 1. The quantitative estimate of drug-likeness (QED) is 0.580. The zero-order valence-electron chi connectivity index (χ0n) is 11.4. The Morgan fingerprint density at radius 2 is 1.95 bits per heavy atom. The van der Waals surface area contributed by atoms with Gasteiger partial charge in [-0.25, -0.2) is 0 Å². The Bertz CT molecular complexity index is 470. The van der Waals surface area contributed by atoms with Crippen molar-refractivity contribution >= 4 is 11.9 Å². The fourth-order valence-electron chi connectivity index (χ4n) is 1.73. The Morgan fingerprint density at radius 3 is 2.50 bits per heavy atom. The number of methoxy groups -OCH3 is 1. The van der Waals surface area contributed by atoms with Crippen molar-refractivity contribution in [2.75, 3.05) is 7.11 Å². The number of esters is 1. The summed E-state index contributed by atoms with van der Waals surface area (Å²) in [5.74, 6) is -2.54. The predicted molar refractivity (Wildman–Crippen MR) is 75.0 cm³/mol. The summed E-state index contributed by atoms with van der Waals surface area (Å²) in [6, 6.07) is 9.37. The number of ether oxygens (including phenoxy) is 1. The third-order valence-corrected chi connectivity index (χ3v) is 2.84. The fraction of sp³-hybridized carbons (Fsp3) is 0.333. The second-order valence-electron chi connectivity index (χ2n) is 4.46. The van der Waals surface area contributed by atoms with Crippen molar-refractivity contribution in [2.24, 2.45) is 11.7 Å². The smallest absolute Gasteiger partial charge is 0.310 e. The molecule has 0 aromatic heterocycles. The summed E-state index contributed by atoms with van der Waals surface area (Å²) < 4.78 is 4.47. The molecule has 1 aromatic carbocycles. The van der Waals surface area contributed by atoms with Gasteiger partial charge in [-0.1, -0.05) is 42.5 Å². The molecule has 0 aliphatic heterocycles. The summed E-state index contributed by atoms with van der Waals surface area (Å²) in [5, 5.41) is 9.02. The van der Waals surface area contributed by atoms with Gasteiger partial charge < -0.3 is 15.6 Å². The minimum atomic E-state index is -1.07. The van der Waals surface area contributed by atoms with Crippen molar-refractivity contribution in [3.05, 3.63) is 48.0 Å². The minimum Gasteiger partial charge on any atom is -0.481 e. The fourth-order valence-corrected chi connectivity index (χ4v) is 1.73. The van der Waals surface area contributed by atoms with Crippen LogP contribution < -0.4 is 5.73 Å². The summed E-state index contributed by atoms with van der Waals surface area (Å²) in [6.07, 6.45) is 3.49. The molecular weight excluding hydrogens is 258 g/mol. The van der Waals surface area contributed by atoms with Crippen LogP contribution in [0.15, 0.2) is 42.5 Å². The lowest BCUT2D eigenvalue weighted by molar-refractivity contribution is -0.148. The Hall–Kier alpha value is -2.14. The molecular formula is C15H19NO4. The van der Waals surface area contributed by atoms with Crippen LogP contribution in [0.1, 0.15) is 12.0 Å². The standard InChI is InChI=1S/C15H19NO4/c1-20-14(17)10-12(15(18)19)7-8-13(16)9-11-5-3-2-4-6-11/h2-8,12-13H,9-10,16H2,1H3,(H,18,19)/b8-7+/t12-,13+/m0/s1. The van der Waals surface area contributed by atoms with Crippen molar-refractivity contribution in [3.63, 3.8) is 0 Å². The van der Waals surface area contributed by atoms with Crippen LogP contribution in [-0.2, 0) is 20.7 Å². The van der Waals surface area contributed by atoms with Crippen molar-refractivity contribution < 1.29 is 19.4 Å². The third-order valence-electron chi connectivity index (χ3n) is 2.84. The molecule has 5 nitrogen and oxygen atoms in total. The van der Waals surface area contributed by atoms with Crippen LogP contribution in [-0.4, -0.2) is 30.2 Å². The molecule has 0 fully saturated rings. The number of hydrogen-bond acceptors (Lipinski definition) is 4. The largest absolute Gasteiger partial charge is 0.481 e. The van der Waals surface area contributed by atoms with Crippen molar-refractivity contribution in [1.82, 2.24) is 0 Å². The van der Waals surface area contributed by atoms with Gasteiger partial charge in [-0.05, 0) is 12.0 Å². The van der Waals surface area contributed by atoms with Gasteiger partial charge in [-0.2, -0.15) is 0 Å². The van der Waals surface area contributed by atoms with E-state index in [9.17, 15) is 9.59 Å². The number of carbonyl (C=O) groups is 2. The van der Waals surface area contributed by atoms with E-state index in [0.717, 1.165) is 5.56 Å². The van der Waals surface area contributed by atoms with Crippen LogP contribution in [0.3, 0.4) is 0 Å². The van der Waals surface area contributed by atoms with E-state index in [1.807, 2.05) is 30.3 Å². The van der Waals surface area contributed by atoms with Crippen LogP contribution >= 0.6 is 0 Å². The zero-order valence-corrected chi connectivity index (χ0v) is 11.4. The number of carboxylic acid groups (broad SMARTS) is 1. The van der Waals surface area contributed by atoms with Crippen LogP contribution in [0.4, 0.5) is 0 Å².